The molecule has 0 bridgehead atoms. The summed E-state index contributed by atoms with van der Waals surface area (Å²) in [6.07, 6.45) is 5.08. The summed E-state index contributed by atoms with van der Waals surface area (Å²) in [6.45, 7) is 4.49. The molecule has 2 unspecified atom stereocenters. The van der Waals surface area contributed by atoms with Crippen LogP contribution in [0.1, 0.15) is 31.5 Å². The fraction of sp³-hybridized carbons (Fsp3) is 0.450. The van der Waals surface area contributed by atoms with E-state index in [0.29, 0.717) is 18.9 Å². The molecule has 0 saturated carbocycles. The van der Waals surface area contributed by atoms with E-state index in [4.69, 9.17) is 14.2 Å². The topological polar surface area (TPSA) is 76.6 Å². The standard InChI is InChI=1S/C20H26N2O4S/c1-14(12-23)26-18-5-4-16(25-8-6-15-7-9-27-13-15)11-20(18,2)17-10-19(24-3)22-21-17/h4-5,7,9-10,13-14,23H,6,8,11-12H2,1-3H3,(H,21,22). The van der Waals surface area contributed by atoms with E-state index in [1.165, 1.54) is 5.56 Å². The Bertz CT molecular complexity index is 797. The SMILES string of the molecule is COc1cc(C2(C)CC(OCCc3ccsc3)=CC=C2OC(C)CO)[nH]n1. The van der Waals surface area contributed by atoms with Crippen molar-refractivity contribution in [3.8, 4) is 5.88 Å². The van der Waals surface area contributed by atoms with Crippen LogP contribution in [-0.4, -0.2) is 41.7 Å². The average molecular weight is 391 g/mol. The lowest BCUT2D eigenvalue weighted by Gasteiger charge is -2.35. The molecule has 2 heterocycles. The van der Waals surface area contributed by atoms with Crippen molar-refractivity contribution in [2.75, 3.05) is 20.3 Å². The number of thiophene rings is 1. The number of nitrogens with one attached hydrogen (secondary N) is 1. The Morgan fingerprint density at radius 2 is 2.26 bits per heavy atom. The molecule has 1 aliphatic rings. The molecular formula is C20H26N2O4S. The number of aliphatic hydroxyl groups excluding tert-OH is 1. The molecular weight excluding hydrogens is 364 g/mol. The van der Waals surface area contributed by atoms with E-state index in [1.54, 1.807) is 18.4 Å². The highest BCUT2D eigenvalue weighted by atomic mass is 32.1. The van der Waals surface area contributed by atoms with E-state index in [9.17, 15) is 5.11 Å². The zero-order valence-electron chi connectivity index (χ0n) is 15.9. The Labute approximate surface area is 163 Å². The molecule has 0 radical (unpaired) electrons. The highest BCUT2D eigenvalue weighted by molar-refractivity contribution is 7.07. The zero-order chi connectivity index (χ0) is 19.3. The molecule has 0 spiro atoms. The van der Waals surface area contributed by atoms with Crippen LogP contribution < -0.4 is 4.74 Å². The quantitative estimate of drug-likeness (QED) is 0.685. The van der Waals surface area contributed by atoms with Crippen LogP contribution in [0.15, 0.2) is 46.6 Å². The number of aromatic amines is 1. The molecule has 0 aromatic carbocycles. The van der Waals surface area contributed by atoms with Crippen LogP contribution in [0.25, 0.3) is 0 Å². The Morgan fingerprint density at radius 3 is 2.93 bits per heavy atom. The Kier molecular flexibility index (Phi) is 6.23. The van der Waals surface area contributed by atoms with E-state index in [-0.39, 0.29) is 12.7 Å². The Morgan fingerprint density at radius 1 is 1.41 bits per heavy atom. The van der Waals surface area contributed by atoms with Crippen LogP contribution in [0.3, 0.4) is 0 Å². The predicted molar refractivity (Wildman–Crippen MR) is 105 cm³/mol. The highest BCUT2D eigenvalue weighted by Gasteiger charge is 2.39. The van der Waals surface area contributed by atoms with Gasteiger partial charge in [-0.15, -0.1) is 5.10 Å². The number of methoxy groups -OCH3 is 1. The smallest absolute Gasteiger partial charge is 0.232 e. The second-order valence-electron chi connectivity index (χ2n) is 6.84. The molecule has 3 rings (SSSR count). The number of aromatic nitrogens is 2. The summed E-state index contributed by atoms with van der Waals surface area (Å²) in [6, 6.07) is 3.99. The van der Waals surface area contributed by atoms with Crippen molar-refractivity contribution in [2.45, 2.75) is 38.2 Å². The minimum absolute atomic E-state index is 0.0482. The molecule has 6 nitrogen and oxygen atoms in total. The number of hydrogen-bond acceptors (Lipinski definition) is 6. The van der Waals surface area contributed by atoms with Crippen LogP contribution in [-0.2, 0) is 21.3 Å². The first kappa shape index (κ1) is 19.5. The van der Waals surface area contributed by atoms with Gasteiger partial charge in [0, 0.05) is 18.9 Å². The van der Waals surface area contributed by atoms with Crippen molar-refractivity contribution in [1.82, 2.24) is 10.2 Å². The molecule has 0 amide bonds. The van der Waals surface area contributed by atoms with Gasteiger partial charge in [-0.1, -0.05) is 0 Å². The first-order valence-corrected chi connectivity index (χ1v) is 9.92. The summed E-state index contributed by atoms with van der Waals surface area (Å²) < 4.78 is 17.2. The number of ether oxygens (including phenoxy) is 3. The average Bonchev–Trinajstić information content (AvgIpc) is 3.35. The van der Waals surface area contributed by atoms with Gasteiger partial charge in [-0.2, -0.15) is 11.3 Å². The number of allylic oxidation sites excluding steroid dienone is 4. The second kappa shape index (κ2) is 8.63. The van der Waals surface area contributed by atoms with Gasteiger partial charge in [-0.3, -0.25) is 5.10 Å². The molecule has 2 N–H and O–H groups in total. The van der Waals surface area contributed by atoms with Crippen LogP contribution in [0.2, 0.25) is 0 Å². The molecule has 27 heavy (non-hydrogen) atoms. The molecule has 0 saturated heterocycles. The van der Waals surface area contributed by atoms with E-state index in [2.05, 4.69) is 33.9 Å². The number of H-pyrrole nitrogens is 1. The van der Waals surface area contributed by atoms with Gasteiger partial charge < -0.3 is 19.3 Å². The van der Waals surface area contributed by atoms with Gasteiger partial charge in [-0.25, -0.2) is 0 Å². The van der Waals surface area contributed by atoms with Crippen molar-refractivity contribution < 1.29 is 19.3 Å². The number of nitrogens with zero attached hydrogens (tertiary/aromatic N) is 1. The molecule has 0 fully saturated rings. The number of aliphatic hydroxyl groups is 1. The third-order valence-electron chi connectivity index (χ3n) is 4.69. The van der Waals surface area contributed by atoms with Crippen LogP contribution in [0.4, 0.5) is 0 Å². The van der Waals surface area contributed by atoms with Gasteiger partial charge in [0.25, 0.3) is 0 Å². The van der Waals surface area contributed by atoms with Gasteiger partial charge in [0.05, 0.1) is 37.2 Å². The lowest BCUT2D eigenvalue weighted by molar-refractivity contribution is 0.0466. The fourth-order valence-corrected chi connectivity index (χ4v) is 3.73. The summed E-state index contributed by atoms with van der Waals surface area (Å²) in [7, 11) is 1.59. The Balaban J connectivity index is 1.77. The maximum atomic E-state index is 9.38. The third-order valence-corrected chi connectivity index (χ3v) is 5.43. The molecule has 7 heteroatoms. The predicted octanol–water partition coefficient (Wildman–Crippen LogP) is 3.57. The van der Waals surface area contributed by atoms with Crippen molar-refractivity contribution >= 4 is 11.3 Å². The lowest BCUT2D eigenvalue weighted by Crippen LogP contribution is -2.32. The normalized spacial score (nSPS) is 20.6. The molecule has 2 atom stereocenters. The largest absolute Gasteiger partial charge is 0.498 e. The van der Waals surface area contributed by atoms with E-state index < -0.39 is 5.41 Å². The zero-order valence-corrected chi connectivity index (χ0v) is 16.7. The van der Waals surface area contributed by atoms with Gasteiger partial charge in [0.2, 0.25) is 5.88 Å². The van der Waals surface area contributed by atoms with E-state index in [0.717, 1.165) is 23.6 Å². The summed E-state index contributed by atoms with van der Waals surface area (Å²) in [5.74, 6) is 2.18. The highest BCUT2D eigenvalue weighted by Crippen LogP contribution is 2.42. The summed E-state index contributed by atoms with van der Waals surface area (Å²) in [4.78, 5) is 0. The molecule has 1 aliphatic carbocycles. The van der Waals surface area contributed by atoms with Crippen LogP contribution in [0.5, 0.6) is 5.88 Å². The molecule has 2 aromatic heterocycles. The van der Waals surface area contributed by atoms with Gasteiger partial charge in [0.15, 0.2) is 0 Å². The van der Waals surface area contributed by atoms with Gasteiger partial charge in [0.1, 0.15) is 11.9 Å². The number of hydrogen-bond donors (Lipinski definition) is 2. The fourth-order valence-electron chi connectivity index (χ4n) is 3.02. The minimum Gasteiger partial charge on any atom is -0.498 e. The first-order valence-electron chi connectivity index (χ1n) is 8.97. The lowest BCUT2D eigenvalue weighted by atomic mass is 9.78. The second-order valence-corrected chi connectivity index (χ2v) is 7.62. The van der Waals surface area contributed by atoms with Gasteiger partial charge >= 0.3 is 0 Å². The molecule has 0 aliphatic heterocycles. The number of rotatable bonds is 9. The Hall–Kier alpha value is -2.25. The van der Waals surface area contributed by atoms with Gasteiger partial charge in [-0.05, 0) is 48.4 Å². The maximum Gasteiger partial charge on any atom is 0.232 e. The molecule has 2 aromatic rings. The van der Waals surface area contributed by atoms with E-state index >= 15 is 0 Å². The first-order chi connectivity index (χ1) is 13.0. The third kappa shape index (κ3) is 4.54. The summed E-state index contributed by atoms with van der Waals surface area (Å²) in [5, 5.41) is 20.8. The maximum absolute atomic E-state index is 9.38. The van der Waals surface area contributed by atoms with Crippen molar-refractivity contribution in [3.63, 3.8) is 0 Å². The van der Waals surface area contributed by atoms with Crippen LogP contribution in [0, 0.1) is 0 Å². The van der Waals surface area contributed by atoms with Crippen molar-refractivity contribution in [2.24, 2.45) is 0 Å². The monoisotopic (exact) mass is 390 g/mol. The summed E-state index contributed by atoms with van der Waals surface area (Å²) in [5.41, 5.74) is 1.68. The summed E-state index contributed by atoms with van der Waals surface area (Å²) >= 11 is 1.70. The minimum atomic E-state index is -0.486. The van der Waals surface area contributed by atoms with Crippen molar-refractivity contribution in [3.05, 3.63) is 57.8 Å². The van der Waals surface area contributed by atoms with Crippen LogP contribution >= 0.6 is 11.3 Å². The van der Waals surface area contributed by atoms with E-state index in [1.807, 2.05) is 25.1 Å². The molecule has 146 valence electrons. The van der Waals surface area contributed by atoms with Crippen molar-refractivity contribution in [1.29, 1.82) is 0 Å².